The van der Waals surface area contributed by atoms with Gasteiger partial charge in [0.05, 0.1) is 17.3 Å². The predicted molar refractivity (Wildman–Crippen MR) is 209 cm³/mol. The van der Waals surface area contributed by atoms with Crippen molar-refractivity contribution >= 4 is 34.3 Å². The summed E-state index contributed by atoms with van der Waals surface area (Å²) < 4.78 is 0. The minimum Gasteiger partial charge on any atom is -0.506 e. The zero-order valence-corrected chi connectivity index (χ0v) is 29.7. The first-order valence-electron chi connectivity index (χ1n) is 17.7. The van der Waals surface area contributed by atoms with Crippen molar-refractivity contribution in [3.05, 3.63) is 124 Å². The summed E-state index contributed by atoms with van der Waals surface area (Å²) >= 11 is 0. The summed E-state index contributed by atoms with van der Waals surface area (Å²) in [6.45, 7) is 0.731. The number of nitrogens with zero attached hydrogens (tertiary/aromatic N) is 1. The van der Waals surface area contributed by atoms with Crippen LogP contribution >= 0.6 is 0 Å². The highest BCUT2D eigenvalue weighted by molar-refractivity contribution is 5.94. The van der Waals surface area contributed by atoms with Gasteiger partial charge in [0.2, 0.25) is 11.5 Å². The molecule has 0 aliphatic heterocycles. The topological polar surface area (TPSA) is 181 Å². The van der Waals surface area contributed by atoms with E-state index in [4.69, 9.17) is 5.73 Å². The summed E-state index contributed by atoms with van der Waals surface area (Å²) in [4.78, 5) is 41.4. The van der Waals surface area contributed by atoms with Crippen LogP contribution < -0.4 is 26.8 Å². The monoisotopic (exact) mass is 743 g/mol. The van der Waals surface area contributed by atoms with Crippen LogP contribution in [-0.2, 0) is 17.8 Å². The number of aromatic hydroxyl groups is 1. The molecule has 5 aromatic rings. The summed E-state index contributed by atoms with van der Waals surface area (Å²) in [6.07, 6.45) is 2.69. The van der Waals surface area contributed by atoms with Crippen molar-refractivity contribution in [1.29, 1.82) is 0 Å². The minimum absolute atomic E-state index is 0. The fourth-order valence-electron chi connectivity index (χ4n) is 7.00. The molecule has 0 bridgehead atoms. The number of nitrogens with one attached hydrogen (secondary N) is 3. The molecule has 1 aliphatic carbocycles. The highest BCUT2D eigenvalue weighted by Gasteiger charge is 2.30. The van der Waals surface area contributed by atoms with E-state index in [1.54, 1.807) is 12.1 Å². The van der Waals surface area contributed by atoms with Gasteiger partial charge in [-0.15, -0.1) is 0 Å². The Hall–Kier alpha value is -5.63. The van der Waals surface area contributed by atoms with Gasteiger partial charge >= 0.3 is 6.09 Å². The number of carbonyl (C=O) groups excluding carboxylic acids is 1. The van der Waals surface area contributed by atoms with Gasteiger partial charge in [0.1, 0.15) is 5.75 Å². The van der Waals surface area contributed by atoms with Gasteiger partial charge in [-0.05, 0) is 91.1 Å². The van der Waals surface area contributed by atoms with Crippen molar-refractivity contribution in [3.63, 3.8) is 0 Å². The summed E-state index contributed by atoms with van der Waals surface area (Å²) in [5.41, 5.74) is 11.8. The molecule has 1 saturated carbocycles. The molecule has 13 heteroatoms. The smallest absolute Gasteiger partial charge is 0.412 e. The number of fused-ring (bicyclic) bond motifs is 1. The molecular formula is C41H47F2N5O6. The number of nitrogens with two attached hydrogens (primary N) is 1. The summed E-state index contributed by atoms with van der Waals surface area (Å²) in [7, 11) is 0. The second-order valence-corrected chi connectivity index (χ2v) is 13.5. The number of rotatable bonds is 13. The normalized spacial score (nSPS) is 15.7. The van der Waals surface area contributed by atoms with E-state index in [-0.39, 0.29) is 50.8 Å². The largest absolute Gasteiger partial charge is 0.506 e. The lowest BCUT2D eigenvalue weighted by Gasteiger charge is -2.35. The van der Waals surface area contributed by atoms with E-state index < -0.39 is 12.2 Å². The Morgan fingerprint density at radius 3 is 2.30 bits per heavy atom. The maximum Gasteiger partial charge on any atom is 0.412 e. The molecule has 1 atom stereocenters. The first-order valence-corrected chi connectivity index (χ1v) is 17.7. The molecular weight excluding hydrogens is 696 g/mol. The van der Waals surface area contributed by atoms with Crippen LogP contribution in [0.4, 0.5) is 25.6 Å². The molecule has 286 valence electrons. The van der Waals surface area contributed by atoms with Crippen LogP contribution in [0.3, 0.4) is 0 Å². The number of anilines is 2. The number of halogens is 2. The van der Waals surface area contributed by atoms with Crippen LogP contribution in [0.5, 0.6) is 5.75 Å². The standard InChI is InChI=1S/C41H45N5O6.2FH/c42-29-12-16-31(17-13-29)46(41(51)52)35-23-26(11-18-32(35)28-6-2-1-3-7-28)5-4-8-38(49)44-30-14-9-27(10-15-30)24-43-25-37(48)33-19-21-36(47)40-34(33)20-22-39(50)45-40;;/h1-3,6-7,9-11,14-15,18-23,29,31,37,43,47-48H,4-5,8,12-13,16-17,24-25,42H2,(H,44,49)(H,45,50)(H,51,52);2*1H/t29-,31-,37-;;/m0../s1. The summed E-state index contributed by atoms with van der Waals surface area (Å²) in [5, 5.41) is 38.1. The van der Waals surface area contributed by atoms with Crippen molar-refractivity contribution in [2.24, 2.45) is 5.73 Å². The number of carboxylic acid groups (broad SMARTS) is 1. The maximum absolute atomic E-state index is 12.9. The van der Waals surface area contributed by atoms with E-state index in [2.05, 4.69) is 15.6 Å². The highest BCUT2D eigenvalue weighted by atomic mass is 19.0. The Balaban J connectivity index is 0.00000325. The number of aryl methyl sites for hydroxylation is 1. The first kappa shape index (κ1) is 41.1. The van der Waals surface area contributed by atoms with Crippen LogP contribution in [0.1, 0.15) is 61.3 Å². The number of pyridine rings is 1. The zero-order valence-electron chi connectivity index (χ0n) is 29.7. The second kappa shape index (κ2) is 18.9. The molecule has 11 nitrogen and oxygen atoms in total. The predicted octanol–water partition coefficient (Wildman–Crippen LogP) is 6.74. The molecule has 54 heavy (non-hydrogen) atoms. The van der Waals surface area contributed by atoms with E-state index >= 15 is 0 Å². The number of aromatic amines is 1. The van der Waals surface area contributed by atoms with E-state index in [9.17, 15) is 29.7 Å². The lowest BCUT2D eigenvalue weighted by Crippen LogP contribution is -2.44. The van der Waals surface area contributed by atoms with Gasteiger partial charge in [-0.25, -0.2) is 4.79 Å². The molecule has 6 rings (SSSR count). The average Bonchev–Trinajstić information content (AvgIpc) is 3.14. The molecule has 1 aliphatic rings. The number of phenols is 1. The molecule has 0 unspecified atom stereocenters. The quantitative estimate of drug-likeness (QED) is 0.0692. The van der Waals surface area contributed by atoms with Gasteiger partial charge < -0.3 is 36.7 Å². The Morgan fingerprint density at radius 2 is 1.59 bits per heavy atom. The van der Waals surface area contributed by atoms with E-state index in [1.165, 1.54) is 17.0 Å². The lowest BCUT2D eigenvalue weighted by atomic mass is 9.89. The number of aliphatic hydroxyl groups excluding tert-OH is 1. The third-order valence-corrected chi connectivity index (χ3v) is 9.76. The van der Waals surface area contributed by atoms with E-state index in [1.807, 2.05) is 72.8 Å². The second-order valence-electron chi connectivity index (χ2n) is 13.5. The molecule has 2 amide bonds. The summed E-state index contributed by atoms with van der Waals surface area (Å²) in [5.74, 6) is -0.167. The molecule has 1 heterocycles. The third-order valence-electron chi connectivity index (χ3n) is 9.76. The number of phenolic OH excluding ortho intramolecular Hbond substituents is 1. The van der Waals surface area contributed by atoms with Crippen LogP contribution in [0.25, 0.3) is 22.0 Å². The van der Waals surface area contributed by atoms with Gasteiger partial charge in [0.15, 0.2) is 0 Å². The third kappa shape index (κ3) is 10.1. The van der Waals surface area contributed by atoms with Crippen molar-refractivity contribution in [2.45, 2.75) is 69.7 Å². The van der Waals surface area contributed by atoms with Gasteiger partial charge in [-0.1, -0.05) is 60.7 Å². The Labute approximate surface area is 311 Å². The molecule has 0 radical (unpaired) electrons. The number of H-pyrrole nitrogens is 1. The van der Waals surface area contributed by atoms with Gasteiger partial charge in [0, 0.05) is 54.3 Å². The van der Waals surface area contributed by atoms with Gasteiger partial charge in [0.25, 0.3) is 0 Å². The molecule has 8 N–H and O–H groups in total. The van der Waals surface area contributed by atoms with Crippen molar-refractivity contribution < 1.29 is 34.3 Å². The van der Waals surface area contributed by atoms with Gasteiger partial charge in [-0.3, -0.25) is 23.9 Å². The van der Waals surface area contributed by atoms with E-state index in [0.29, 0.717) is 48.1 Å². The molecule has 1 fully saturated rings. The van der Waals surface area contributed by atoms with Crippen molar-refractivity contribution in [2.75, 3.05) is 16.8 Å². The lowest BCUT2D eigenvalue weighted by molar-refractivity contribution is -0.116. The zero-order chi connectivity index (χ0) is 36.6. The number of amides is 2. The SMILES string of the molecule is F.F.N[C@H]1CC[C@H](N(C(=O)O)c2cc(CCCC(=O)Nc3ccc(CNC[C@H](O)c4ccc(O)c5[nH]c(=O)ccc45)cc3)ccc2-c2ccccc2)CC1. The fourth-order valence-corrected chi connectivity index (χ4v) is 7.00. The van der Waals surface area contributed by atoms with Crippen LogP contribution in [0.15, 0.2) is 102 Å². The number of aliphatic hydroxyl groups is 1. The molecule has 1 aromatic heterocycles. The van der Waals surface area contributed by atoms with Crippen molar-refractivity contribution in [3.8, 4) is 16.9 Å². The van der Waals surface area contributed by atoms with Crippen LogP contribution in [0, 0.1) is 0 Å². The Bertz CT molecular complexity index is 2070. The van der Waals surface area contributed by atoms with Crippen LogP contribution in [0.2, 0.25) is 0 Å². The number of hydrogen-bond donors (Lipinski definition) is 7. The molecule has 0 saturated heterocycles. The Kier molecular flexibility index (Phi) is 14.4. The fraction of sp³-hybridized carbons (Fsp3) is 0.293. The molecule has 0 spiro atoms. The van der Waals surface area contributed by atoms with Crippen LogP contribution in [-0.4, -0.2) is 50.9 Å². The van der Waals surface area contributed by atoms with Gasteiger partial charge in [-0.2, -0.15) is 0 Å². The number of hydrogen-bond acceptors (Lipinski definition) is 7. The highest BCUT2D eigenvalue weighted by Crippen LogP contribution is 2.36. The molecule has 4 aromatic carbocycles. The maximum atomic E-state index is 12.9. The first-order chi connectivity index (χ1) is 25.2. The number of benzene rings is 4. The average molecular weight is 744 g/mol. The van der Waals surface area contributed by atoms with E-state index in [0.717, 1.165) is 47.9 Å². The van der Waals surface area contributed by atoms with Crippen molar-refractivity contribution in [1.82, 2.24) is 10.3 Å². The summed E-state index contributed by atoms with van der Waals surface area (Å²) in [6, 6.07) is 29.2. The number of carbonyl (C=O) groups is 2. The minimum atomic E-state index is -0.976. The number of aromatic nitrogens is 1. The Morgan fingerprint density at radius 1 is 0.889 bits per heavy atom.